The smallest absolute Gasteiger partial charge is 0.325 e. The summed E-state index contributed by atoms with van der Waals surface area (Å²) in [6, 6.07) is 9.71. The molecule has 0 radical (unpaired) electrons. The number of nitro benzene ring substituents is 1. The van der Waals surface area contributed by atoms with Crippen molar-refractivity contribution < 1.29 is 40.8 Å². The summed E-state index contributed by atoms with van der Waals surface area (Å²) in [5, 5.41) is 10.5. The van der Waals surface area contributed by atoms with Crippen molar-refractivity contribution in [3.63, 3.8) is 0 Å². The molecule has 1 unspecified atom stereocenters. The Bertz CT molecular complexity index is 1500. The largest absolute Gasteiger partial charge is 0.468 e. The highest BCUT2D eigenvalue weighted by Gasteiger charge is 2.63. The van der Waals surface area contributed by atoms with Crippen molar-refractivity contribution in [3.05, 3.63) is 63.7 Å². The van der Waals surface area contributed by atoms with Gasteiger partial charge in [0.25, 0.3) is 10.1 Å². The van der Waals surface area contributed by atoms with Crippen molar-refractivity contribution in [3.8, 4) is 0 Å². The van der Waals surface area contributed by atoms with Gasteiger partial charge < -0.3 is 14.4 Å². The molecule has 1 aliphatic heterocycles. The standard InChI is InChI=1S/C23H26N4O10S2/c1-13-6-11-16(17(12-13)27(30)31)24-25-23-38(32,33)19(21(28)36-4)18(20(22(29)37-5)39(23,34)35)14-7-9-15(10-8-14)26(2)3/h6-12,18-20,24H,1-5H3/t18?,19-,20+. The van der Waals surface area contributed by atoms with Gasteiger partial charge in [-0.2, -0.15) is 5.10 Å². The number of esters is 2. The predicted octanol–water partition coefficient (Wildman–Crippen LogP) is 1.36. The lowest BCUT2D eigenvalue weighted by molar-refractivity contribution is -0.384. The van der Waals surface area contributed by atoms with E-state index in [0.29, 0.717) is 11.3 Å². The number of carbonyl (C=O) groups excluding carboxylic acids is 2. The number of anilines is 2. The third-order valence-electron chi connectivity index (χ3n) is 6.09. The van der Waals surface area contributed by atoms with Crippen LogP contribution in [0.2, 0.25) is 0 Å². The fraction of sp³-hybridized carbons (Fsp3) is 0.348. The molecule has 210 valence electrons. The number of hydrazone groups is 1. The van der Waals surface area contributed by atoms with Gasteiger partial charge in [-0.05, 0) is 36.2 Å². The number of nitro groups is 1. The zero-order chi connectivity index (χ0) is 29.3. The Kier molecular flexibility index (Phi) is 8.30. The van der Waals surface area contributed by atoms with Crippen molar-refractivity contribution in [1.82, 2.24) is 0 Å². The molecular formula is C23H26N4O10S2. The van der Waals surface area contributed by atoms with E-state index >= 15 is 0 Å². The van der Waals surface area contributed by atoms with E-state index in [4.69, 9.17) is 9.47 Å². The quantitative estimate of drug-likeness (QED) is 0.280. The Hall–Kier alpha value is -4.05. The minimum Gasteiger partial charge on any atom is -0.468 e. The van der Waals surface area contributed by atoms with E-state index < -0.39 is 63.0 Å². The van der Waals surface area contributed by atoms with E-state index in [1.165, 1.54) is 24.3 Å². The minimum atomic E-state index is -5.16. The zero-order valence-electron chi connectivity index (χ0n) is 21.5. The first-order valence-corrected chi connectivity index (χ1v) is 14.3. The van der Waals surface area contributed by atoms with Crippen LogP contribution in [-0.2, 0) is 38.7 Å². The lowest BCUT2D eigenvalue weighted by atomic mass is 9.91. The molecule has 39 heavy (non-hydrogen) atoms. The van der Waals surface area contributed by atoms with Crippen LogP contribution in [0.15, 0.2) is 47.6 Å². The molecule has 1 aliphatic rings. The Morgan fingerprint density at radius 3 is 1.90 bits per heavy atom. The second-order valence-corrected chi connectivity index (χ2v) is 13.0. The maximum atomic E-state index is 13.7. The van der Waals surface area contributed by atoms with Crippen molar-refractivity contribution in [2.75, 3.05) is 38.6 Å². The summed E-state index contributed by atoms with van der Waals surface area (Å²) < 4.78 is 62.6. The first kappa shape index (κ1) is 29.5. The van der Waals surface area contributed by atoms with Crippen molar-refractivity contribution >= 4 is 53.1 Å². The van der Waals surface area contributed by atoms with Gasteiger partial charge in [0, 0.05) is 31.8 Å². The molecule has 2 aromatic carbocycles. The van der Waals surface area contributed by atoms with Crippen molar-refractivity contribution in [2.45, 2.75) is 23.3 Å². The molecule has 16 heteroatoms. The van der Waals surface area contributed by atoms with Crippen LogP contribution in [0.4, 0.5) is 17.1 Å². The van der Waals surface area contributed by atoms with Crippen LogP contribution in [0.25, 0.3) is 0 Å². The number of ether oxygens (including phenoxy) is 2. The predicted molar refractivity (Wildman–Crippen MR) is 142 cm³/mol. The van der Waals surface area contributed by atoms with Crippen LogP contribution >= 0.6 is 0 Å². The van der Waals surface area contributed by atoms with E-state index in [0.717, 1.165) is 20.3 Å². The number of hydrogen-bond donors (Lipinski definition) is 1. The molecule has 3 rings (SSSR count). The molecule has 1 fully saturated rings. The Labute approximate surface area is 224 Å². The summed E-state index contributed by atoms with van der Waals surface area (Å²) in [6.07, 6.45) is 0. The van der Waals surface area contributed by atoms with Gasteiger partial charge in [-0.25, -0.2) is 16.8 Å². The SMILES string of the molecule is COC(=O)[C@@H]1C(c2ccc(N(C)C)cc2)[C@H](C(=O)OC)S(=O)(=O)C(=NNc2ccc(C)cc2[N+](=O)[O-])S1(=O)=O. The number of sulfone groups is 2. The molecule has 0 amide bonds. The Morgan fingerprint density at radius 1 is 0.949 bits per heavy atom. The first-order valence-electron chi connectivity index (χ1n) is 11.2. The fourth-order valence-electron chi connectivity index (χ4n) is 4.17. The summed E-state index contributed by atoms with van der Waals surface area (Å²) in [5.41, 5.74) is 2.49. The van der Waals surface area contributed by atoms with Gasteiger partial charge in [0.15, 0.2) is 10.5 Å². The summed E-state index contributed by atoms with van der Waals surface area (Å²) >= 11 is 0. The van der Waals surface area contributed by atoms with Crippen LogP contribution in [0.1, 0.15) is 17.0 Å². The number of hydrogen-bond acceptors (Lipinski definition) is 13. The molecule has 3 atom stereocenters. The molecule has 1 heterocycles. The highest BCUT2D eigenvalue weighted by molar-refractivity contribution is 8.32. The van der Waals surface area contributed by atoms with Gasteiger partial charge in [-0.15, -0.1) is 0 Å². The monoisotopic (exact) mass is 582 g/mol. The molecule has 1 N–H and O–H groups in total. The zero-order valence-corrected chi connectivity index (χ0v) is 23.1. The van der Waals surface area contributed by atoms with Gasteiger partial charge in [-0.1, -0.05) is 18.2 Å². The number of aryl methyl sites for hydroxylation is 1. The second-order valence-electron chi connectivity index (χ2n) is 8.76. The maximum absolute atomic E-state index is 13.7. The lowest BCUT2D eigenvalue weighted by Gasteiger charge is -2.35. The molecular weight excluding hydrogens is 556 g/mol. The van der Waals surface area contributed by atoms with Crippen LogP contribution in [0, 0.1) is 17.0 Å². The van der Waals surface area contributed by atoms with Crippen LogP contribution in [0.3, 0.4) is 0 Å². The third-order valence-corrected chi connectivity index (χ3v) is 10.9. The number of nitrogens with zero attached hydrogens (tertiary/aromatic N) is 3. The van der Waals surface area contributed by atoms with Gasteiger partial charge >= 0.3 is 11.9 Å². The van der Waals surface area contributed by atoms with Crippen molar-refractivity contribution in [2.24, 2.45) is 5.10 Å². The van der Waals surface area contributed by atoms with E-state index in [-0.39, 0.29) is 11.3 Å². The van der Waals surface area contributed by atoms with E-state index in [9.17, 15) is 36.5 Å². The summed E-state index contributed by atoms with van der Waals surface area (Å²) in [7, 11) is -5.01. The minimum absolute atomic E-state index is 0.0414. The molecule has 0 spiro atoms. The second kappa shape index (κ2) is 11.0. The topological polar surface area (TPSA) is 192 Å². The average Bonchev–Trinajstić information content (AvgIpc) is 2.87. The highest BCUT2D eigenvalue weighted by Crippen LogP contribution is 2.41. The normalized spacial score (nSPS) is 22.5. The van der Waals surface area contributed by atoms with Crippen LogP contribution in [0.5, 0.6) is 0 Å². The number of benzene rings is 2. The van der Waals surface area contributed by atoms with Gasteiger partial charge in [0.05, 0.1) is 19.1 Å². The van der Waals surface area contributed by atoms with Gasteiger partial charge in [0.2, 0.25) is 19.7 Å². The molecule has 1 saturated heterocycles. The van der Waals surface area contributed by atoms with Gasteiger partial charge in [-0.3, -0.25) is 25.1 Å². The lowest BCUT2D eigenvalue weighted by Crippen LogP contribution is -2.58. The van der Waals surface area contributed by atoms with Gasteiger partial charge in [0.1, 0.15) is 5.69 Å². The van der Waals surface area contributed by atoms with Crippen LogP contribution < -0.4 is 10.3 Å². The molecule has 0 aliphatic carbocycles. The number of nitrogens with one attached hydrogen (secondary N) is 1. The fourth-order valence-corrected chi connectivity index (χ4v) is 9.06. The molecule has 2 aromatic rings. The first-order chi connectivity index (χ1) is 18.2. The van der Waals surface area contributed by atoms with E-state index in [1.54, 1.807) is 38.1 Å². The Morgan fingerprint density at radius 2 is 1.46 bits per heavy atom. The van der Waals surface area contributed by atoms with Crippen molar-refractivity contribution in [1.29, 1.82) is 0 Å². The molecule has 0 bridgehead atoms. The van der Waals surface area contributed by atoms with E-state index in [1.807, 2.05) is 0 Å². The summed E-state index contributed by atoms with van der Waals surface area (Å²) in [5.74, 6) is -4.44. The number of rotatable bonds is 7. The van der Waals surface area contributed by atoms with E-state index in [2.05, 4.69) is 10.5 Å². The average molecular weight is 583 g/mol. The summed E-state index contributed by atoms with van der Waals surface area (Å²) in [4.78, 5) is 38.2. The highest BCUT2D eigenvalue weighted by atomic mass is 32.3. The molecule has 14 nitrogen and oxygen atoms in total. The summed E-state index contributed by atoms with van der Waals surface area (Å²) in [6.45, 7) is 1.58. The maximum Gasteiger partial charge on any atom is 0.325 e. The number of carbonyl (C=O) groups is 2. The van der Waals surface area contributed by atoms with Crippen LogP contribution in [-0.4, -0.2) is 76.9 Å². The number of methoxy groups -OCH3 is 2. The molecule has 0 saturated carbocycles. The third kappa shape index (κ3) is 5.42. The molecule has 0 aromatic heterocycles. The Balaban J connectivity index is 2.29.